The molecule has 17 heavy (non-hydrogen) atoms. The third-order valence-corrected chi connectivity index (χ3v) is 2.56. The van der Waals surface area contributed by atoms with Gasteiger partial charge in [-0.25, -0.2) is 9.97 Å². The molecule has 2 aromatic rings. The number of rotatable bonds is 5. The van der Waals surface area contributed by atoms with Gasteiger partial charge in [-0.15, -0.1) is 0 Å². The zero-order valence-corrected chi connectivity index (χ0v) is 9.93. The van der Waals surface area contributed by atoms with Crippen LogP contribution in [0.25, 0.3) is 0 Å². The molecule has 0 aliphatic rings. The Morgan fingerprint density at radius 3 is 3.00 bits per heavy atom. The molecule has 2 aromatic heterocycles. The van der Waals surface area contributed by atoms with Crippen LogP contribution in [0.5, 0.6) is 0 Å². The van der Waals surface area contributed by atoms with Gasteiger partial charge >= 0.3 is 0 Å². The van der Waals surface area contributed by atoms with Crippen molar-refractivity contribution >= 4 is 5.82 Å². The topological polar surface area (TPSA) is 70.8 Å². The van der Waals surface area contributed by atoms with E-state index in [2.05, 4.69) is 33.0 Å². The van der Waals surface area contributed by atoms with Gasteiger partial charge in [0.15, 0.2) is 0 Å². The van der Waals surface area contributed by atoms with Gasteiger partial charge in [0.25, 0.3) is 0 Å². The number of aromatic nitrogens is 3. The van der Waals surface area contributed by atoms with Crippen molar-refractivity contribution in [3.63, 3.8) is 0 Å². The molecule has 0 amide bonds. The van der Waals surface area contributed by atoms with E-state index in [-0.39, 0.29) is 0 Å². The highest BCUT2D eigenvalue weighted by Gasteiger charge is 2.03. The molecular formula is C12H17N5. The third kappa shape index (κ3) is 3.57. The molecule has 0 aliphatic carbocycles. The maximum absolute atomic E-state index is 5.61. The highest BCUT2D eigenvalue weighted by atomic mass is 15.1. The summed E-state index contributed by atoms with van der Waals surface area (Å²) in [5.41, 5.74) is 6.85. The highest BCUT2D eigenvalue weighted by molar-refractivity contribution is 5.24. The number of anilines is 1. The molecule has 0 atom stereocenters. The van der Waals surface area contributed by atoms with Crippen LogP contribution in [-0.2, 0) is 13.0 Å². The first kappa shape index (κ1) is 11.6. The number of nitrogen functional groups attached to an aromatic ring is 1. The van der Waals surface area contributed by atoms with Crippen molar-refractivity contribution in [1.29, 1.82) is 0 Å². The number of likely N-dealkylation sites (N-methyl/N-ethyl adjacent to an activating group) is 1. The minimum absolute atomic E-state index is 0.521. The Bertz CT molecular complexity index is 452. The predicted molar refractivity (Wildman–Crippen MR) is 67.3 cm³/mol. The summed E-state index contributed by atoms with van der Waals surface area (Å²) in [5.74, 6) is 1.28. The minimum Gasteiger partial charge on any atom is -0.384 e. The SMILES string of the molecule is CN(CCc1ccc[nH]1)Cc1nccc(N)n1. The van der Waals surface area contributed by atoms with Gasteiger partial charge in [0.2, 0.25) is 0 Å². The van der Waals surface area contributed by atoms with Crippen LogP contribution in [0.2, 0.25) is 0 Å². The smallest absolute Gasteiger partial charge is 0.144 e. The number of nitrogens with zero attached hydrogens (tertiary/aromatic N) is 3. The molecule has 0 fully saturated rings. The van der Waals surface area contributed by atoms with E-state index in [1.807, 2.05) is 12.3 Å². The van der Waals surface area contributed by atoms with Crippen LogP contribution < -0.4 is 5.73 Å². The van der Waals surface area contributed by atoms with E-state index in [1.165, 1.54) is 5.69 Å². The molecule has 0 aromatic carbocycles. The van der Waals surface area contributed by atoms with E-state index < -0.39 is 0 Å². The Morgan fingerprint density at radius 1 is 1.41 bits per heavy atom. The number of hydrogen-bond acceptors (Lipinski definition) is 4. The number of hydrogen-bond donors (Lipinski definition) is 2. The maximum Gasteiger partial charge on any atom is 0.144 e. The van der Waals surface area contributed by atoms with Gasteiger partial charge in [-0.1, -0.05) is 0 Å². The van der Waals surface area contributed by atoms with Crippen LogP contribution in [0.4, 0.5) is 5.82 Å². The second-order valence-corrected chi connectivity index (χ2v) is 4.08. The van der Waals surface area contributed by atoms with Crippen molar-refractivity contribution in [3.05, 3.63) is 42.1 Å². The zero-order chi connectivity index (χ0) is 12.1. The second-order valence-electron chi connectivity index (χ2n) is 4.08. The van der Waals surface area contributed by atoms with Crippen LogP contribution in [-0.4, -0.2) is 33.4 Å². The average Bonchev–Trinajstić information content (AvgIpc) is 2.79. The first-order chi connectivity index (χ1) is 8.24. The summed E-state index contributed by atoms with van der Waals surface area (Å²) in [4.78, 5) is 13.7. The van der Waals surface area contributed by atoms with Crippen molar-refractivity contribution in [3.8, 4) is 0 Å². The van der Waals surface area contributed by atoms with Crippen molar-refractivity contribution in [2.75, 3.05) is 19.3 Å². The summed E-state index contributed by atoms with van der Waals surface area (Å²) in [6, 6.07) is 5.80. The lowest BCUT2D eigenvalue weighted by Crippen LogP contribution is -2.22. The number of aromatic amines is 1. The van der Waals surface area contributed by atoms with Crippen LogP contribution in [0.15, 0.2) is 30.6 Å². The number of nitrogens with two attached hydrogens (primary N) is 1. The van der Waals surface area contributed by atoms with Crippen LogP contribution in [0.1, 0.15) is 11.5 Å². The van der Waals surface area contributed by atoms with E-state index in [0.717, 1.165) is 18.8 Å². The van der Waals surface area contributed by atoms with E-state index >= 15 is 0 Å². The molecule has 5 nitrogen and oxygen atoms in total. The molecule has 2 rings (SSSR count). The van der Waals surface area contributed by atoms with Crippen molar-refractivity contribution < 1.29 is 0 Å². The van der Waals surface area contributed by atoms with Crippen LogP contribution >= 0.6 is 0 Å². The van der Waals surface area contributed by atoms with E-state index in [1.54, 1.807) is 12.3 Å². The molecule has 3 N–H and O–H groups in total. The van der Waals surface area contributed by atoms with Crippen molar-refractivity contribution in [2.24, 2.45) is 0 Å². The standard InChI is InChI=1S/C12H17N5/c1-17(8-5-10-3-2-6-14-10)9-12-15-7-4-11(13)16-12/h2-4,6-7,14H,5,8-9H2,1H3,(H2,13,15,16). The minimum atomic E-state index is 0.521. The lowest BCUT2D eigenvalue weighted by Gasteiger charge is -2.14. The van der Waals surface area contributed by atoms with Gasteiger partial charge in [-0.05, 0) is 25.2 Å². The van der Waals surface area contributed by atoms with Gasteiger partial charge in [0.05, 0.1) is 6.54 Å². The molecule has 0 radical (unpaired) electrons. The maximum atomic E-state index is 5.61. The van der Waals surface area contributed by atoms with Gasteiger partial charge in [-0.3, -0.25) is 4.90 Å². The first-order valence-electron chi connectivity index (χ1n) is 5.62. The molecular weight excluding hydrogens is 214 g/mol. The molecule has 0 spiro atoms. The average molecular weight is 231 g/mol. The normalized spacial score (nSPS) is 10.9. The van der Waals surface area contributed by atoms with E-state index in [9.17, 15) is 0 Å². The van der Waals surface area contributed by atoms with Gasteiger partial charge in [0, 0.05) is 31.1 Å². The molecule has 0 aliphatic heterocycles. The fourth-order valence-corrected chi connectivity index (χ4v) is 1.65. The zero-order valence-electron chi connectivity index (χ0n) is 9.93. The highest BCUT2D eigenvalue weighted by Crippen LogP contribution is 2.02. The number of nitrogens with one attached hydrogen (secondary N) is 1. The van der Waals surface area contributed by atoms with E-state index in [0.29, 0.717) is 12.4 Å². The lowest BCUT2D eigenvalue weighted by atomic mass is 10.3. The van der Waals surface area contributed by atoms with Gasteiger partial charge in [-0.2, -0.15) is 0 Å². The molecule has 0 unspecified atom stereocenters. The Labute approximate surface area is 101 Å². The largest absolute Gasteiger partial charge is 0.384 e. The molecule has 2 heterocycles. The van der Waals surface area contributed by atoms with Crippen molar-refractivity contribution in [2.45, 2.75) is 13.0 Å². The van der Waals surface area contributed by atoms with Crippen molar-refractivity contribution in [1.82, 2.24) is 19.9 Å². The predicted octanol–water partition coefficient (Wildman–Crippen LogP) is 1.06. The second kappa shape index (κ2) is 5.45. The number of H-pyrrole nitrogens is 1. The fraction of sp³-hybridized carbons (Fsp3) is 0.333. The van der Waals surface area contributed by atoms with Gasteiger partial charge < -0.3 is 10.7 Å². The molecule has 0 saturated carbocycles. The summed E-state index contributed by atoms with van der Waals surface area (Å²) in [6.07, 6.45) is 4.62. The molecule has 0 saturated heterocycles. The summed E-state index contributed by atoms with van der Waals surface area (Å²) in [5, 5.41) is 0. The van der Waals surface area contributed by atoms with Gasteiger partial charge in [0.1, 0.15) is 11.6 Å². The monoisotopic (exact) mass is 231 g/mol. The Morgan fingerprint density at radius 2 is 2.29 bits per heavy atom. The Hall–Kier alpha value is -1.88. The molecule has 90 valence electrons. The molecule has 0 bridgehead atoms. The first-order valence-corrected chi connectivity index (χ1v) is 5.62. The van der Waals surface area contributed by atoms with Crippen LogP contribution in [0.3, 0.4) is 0 Å². The molecule has 5 heteroatoms. The van der Waals surface area contributed by atoms with E-state index in [4.69, 9.17) is 5.73 Å². The fourth-order valence-electron chi connectivity index (χ4n) is 1.65. The Kier molecular flexibility index (Phi) is 3.72. The third-order valence-electron chi connectivity index (χ3n) is 2.56. The lowest BCUT2D eigenvalue weighted by molar-refractivity contribution is 0.321. The summed E-state index contributed by atoms with van der Waals surface area (Å²) < 4.78 is 0. The Balaban J connectivity index is 1.83. The van der Waals surface area contributed by atoms with Crippen LogP contribution in [0, 0.1) is 0 Å². The quantitative estimate of drug-likeness (QED) is 0.807. The summed E-state index contributed by atoms with van der Waals surface area (Å²) in [7, 11) is 2.05. The summed E-state index contributed by atoms with van der Waals surface area (Å²) >= 11 is 0. The summed E-state index contributed by atoms with van der Waals surface area (Å²) in [6.45, 7) is 1.67.